The van der Waals surface area contributed by atoms with Crippen molar-refractivity contribution < 1.29 is 4.79 Å². The van der Waals surface area contributed by atoms with E-state index in [2.05, 4.69) is 12.2 Å². The Morgan fingerprint density at radius 3 is 2.71 bits per heavy atom. The Morgan fingerprint density at radius 1 is 1.29 bits per heavy atom. The highest BCUT2D eigenvalue weighted by Crippen LogP contribution is 2.13. The molecule has 1 amide bonds. The van der Waals surface area contributed by atoms with Gasteiger partial charge >= 0.3 is 0 Å². The van der Waals surface area contributed by atoms with E-state index in [4.69, 9.17) is 10.4 Å². The Bertz CT molecular complexity index is 1160. The summed E-state index contributed by atoms with van der Waals surface area (Å²) >= 11 is 0. The van der Waals surface area contributed by atoms with Gasteiger partial charge in [0.05, 0.1) is 10.9 Å². The highest BCUT2D eigenvalue weighted by Gasteiger charge is 2.18. The van der Waals surface area contributed by atoms with Crippen molar-refractivity contribution in [2.24, 2.45) is 0 Å². The number of aromatic nitrogens is 3. The van der Waals surface area contributed by atoms with Crippen LogP contribution in [0.5, 0.6) is 0 Å². The van der Waals surface area contributed by atoms with Crippen LogP contribution in [-0.2, 0) is 6.54 Å². The molecule has 0 radical (unpaired) electrons. The van der Waals surface area contributed by atoms with Crippen LogP contribution in [-0.4, -0.2) is 25.9 Å². The molecule has 0 aliphatic heterocycles. The zero-order valence-electron chi connectivity index (χ0n) is 16.9. The van der Waals surface area contributed by atoms with Crippen molar-refractivity contribution >= 4 is 22.6 Å². The van der Waals surface area contributed by atoms with Crippen molar-refractivity contribution in [2.45, 2.75) is 59.5 Å². The van der Waals surface area contributed by atoms with Gasteiger partial charge in [-0.2, -0.15) is 0 Å². The minimum Gasteiger partial charge on any atom is -0.350 e. The van der Waals surface area contributed by atoms with Crippen LogP contribution in [0.4, 0.5) is 0 Å². The third-order valence-electron chi connectivity index (χ3n) is 4.78. The number of carbonyl (C=O) groups is 1. The zero-order valence-corrected chi connectivity index (χ0v) is 16.9. The van der Waals surface area contributed by atoms with Crippen LogP contribution >= 0.6 is 0 Å². The van der Waals surface area contributed by atoms with Gasteiger partial charge < -0.3 is 9.88 Å². The van der Waals surface area contributed by atoms with Crippen LogP contribution in [0, 0.1) is 12.3 Å². The van der Waals surface area contributed by atoms with Crippen LogP contribution in [0.25, 0.3) is 16.7 Å². The molecule has 28 heavy (non-hydrogen) atoms. The van der Waals surface area contributed by atoms with Crippen molar-refractivity contribution in [3.8, 4) is 0 Å². The highest BCUT2D eigenvalue weighted by molar-refractivity contribution is 5.97. The molecule has 0 aliphatic rings. The molecule has 7 nitrogen and oxygen atoms in total. The predicted molar refractivity (Wildman–Crippen MR) is 110 cm³/mol. The maximum absolute atomic E-state index is 13.1. The first-order chi connectivity index (χ1) is 13.3. The summed E-state index contributed by atoms with van der Waals surface area (Å²) in [7, 11) is 0. The summed E-state index contributed by atoms with van der Waals surface area (Å²) in [4.78, 5) is 30.5. The molecule has 0 aromatic carbocycles. The largest absolute Gasteiger partial charge is 0.350 e. The summed E-state index contributed by atoms with van der Waals surface area (Å²) in [6.07, 6.45) is 4.58. The normalized spacial score (nSPS) is 11.5. The Labute approximate surface area is 163 Å². The van der Waals surface area contributed by atoms with Gasteiger partial charge in [-0.05, 0) is 44.9 Å². The molecule has 3 aromatic heterocycles. The molecule has 148 valence electrons. The van der Waals surface area contributed by atoms with Crippen molar-refractivity contribution in [3.63, 3.8) is 0 Å². The molecular formula is C21H27N5O2. The van der Waals surface area contributed by atoms with Gasteiger partial charge in [-0.1, -0.05) is 25.8 Å². The minimum absolute atomic E-state index is 0.0605. The fourth-order valence-electron chi connectivity index (χ4n) is 3.35. The third-order valence-corrected chi connectivity index (χ3v) is 4.78. The number of fused-ring (bicyclic) bond motifs is 2. The minimum atomic E-state index is -0.347. The van der Waals surface area contributed by atoms with Gasteiger partial charge in [0.15, 0.2) is 0 Å². The van der Waals surface area contributed by atoms with Crippen molar-refractivity contribution in [3.05, 3.63) is 51.4 Å². The van der Waals surface area contributed by atoms with Gasteiger partial charge in [0.1, 0.15) is 16.8 Å². The molecule has 3 heterocycles. The first-order valence-corrected chi connectivity index (χ1v) is 9.76. The number of pyridine rings is 2. The number of unbranched alkanes of at least 4 members (excludes halogenated alkanes) is 2. The van der Waals surface area contributed by atoms with E-state index >= 15 is 0 Å². The fraction of sp³-hybridized carbons (Fsp3) is 0.429. The van der Waals surface area contributed by atoms with Crippen molar-refractivity contribution in [2.75, 3.05) is 0 Å². The van der Waals surface area contributed by atoms with E-state index in [-0.39, 0.29) is 28.6 Å². The van der Waals surface area contributed by atoms with E-state index in [1.165, 1.54) is 10.5 Å². The molecule has 0 saturated heterocycles. The number of rotatable bonds is 6. The zero-order chi connectivity index (χ0) is 20.4. The lowest BCUT2D eigenvalue weighted by Crippen LogP contribution is -2.37. The highest BCUT2D eigenvalue weighted by atomic mass is 16.1. The van der Waals surface area contributed by atoms with Crippen LogP contribution in [0.2, 0.25) is 0 Å². The monoisotopic (exact) mass is 381 g/mol. The SMILES string of the molecule is CCCCCn1c(=N)c(C(=O)NC(C)C)cc2c(=O)n3cccc(C)c3nc21. The molecular weight excluding hydrogens is 354 g/mol. The predicted octanol–water partition coefficient (Wildman–Crippen LogP) is 2.77. The van der Waals surface area contributed by atoms with Crippen LogP contribution in [0.3, 0.4) is 0 Å². The molecule has 0 saturated carbocycles. The summed E-state index contributed by atoms with van der Waals surface area (Å²) in [5, 5.41) is 11.8. The summed E-state index contributed by atoms with van der Waals surface area (Å²) in [6.45, 7) is 8.29. The molecule has 0 atom stereocenters. The lowest BCUT2D eigenvalue weighted by molar-refractivity contribution is 0.0940. The third kappa shape index (κ3) is 3.56. The van der Waals surface area contributed by atoms with Gasteiger partial charge in [0.25, 0.3) is 11.5 Å². The topological polar surface area (TPSA) is 92.2 Å². The van der Waals surface area contributed by atoms with Gasteiger partial charge in [0, 0.05) is 18.8 Å². The van der Waals surface area contributed by atoms with Gasteiger partial charge in [-0.25, -0.2) is 4.98 Å². The number of amides is 1. The standard InChI is InChI=1S/C21H27N5O2/c1-5-6-7-10-25-17(22)15(20(27)23-13(2)3)12-16-19(25)24-18-14(4)9-8-11-26(18)21(16)28/h8-9,11-13,22H,5-7,10H2,1-4H3,(H,23,27). The number of hydrogen-bond acceptors (Lipinski definition) is 4. The first kappa shape index (κ1) is 19.8. The second-order valence-electron chi connectivity index (χ2n) is 7.43. The second kappa shape index (κ2) is 7.96. The lowest BCUT2D eigenvalue weighted by Gasteiger charge is -2.16. The van der Waals surface area contributed by atoms with Gasteiger partial charge in [-0.3, -0.25) is 19.4 Å². The molecule has 0 spiro atoms. The maximum Gasteiger partial charge on any atom is 0.267 e. The summed E-state index contributed by atoms with van der Waals surface area (Å²) in [6, 6.07) is 5.16. The molecule has 0 aliphatic carbocycles. The van der Waals surface area contributed by atoms with Gasteiger partial charge in [-0.15, -0.1) is 0 Å². The lowest BCUT2D eigenvalue weighted by atomic mass is 10.1. The smallest absolute Gasteiger partial charge is 0.267 e. The Morgan fingerprint density at radius 2 is 2.04 bits per heavy atom. The van der Waals surface area contributed by atoms with E-state index in [0.717, 1.165) is 24.8 Å². The quantitative estimate of drug-likeness (QED) is 0.508. The number of aryl methyl sites for hydroxylation is 2. The van der Waals surface area contributed by atoms with E-state index in [0.29, 0.717) is 23.2 Å². The van der Waals surface area contributed by atoms with Crippen LogP contribution < -0.4 is 16.4 Å². The second-order valence-corrected chi connectivity index (χ2v) is 7.43. The summed E-state index contributed by atoms with van der Waals surface area (Å²) in [5.41, 5.74) is 1.97. The van der Waals surface area contributed by atoms with E-state index in [1.54, 1.807) is 16.8 Å². The molecule has 0 bridgehead atoms. The Balaban J connectivity index is 2.36. The molecule has 7 heteroatoms. The number of hydrogen-bond donors (Lipinski definition) is 2. The molecule has 3 aromatic rings. The Kier molecular flexibility index (Phi) is 5.63. The molecule has 3 rings (SSSR count). The van der Waals surface area contributed by atoms with Crippen LogP contribution in [0.15, 0.2) is 29.2 Å². The van der Waals surface area contributed by atoms with Gasteiger partial charge in [0.2, 0.25) is 0 Å². The molecule has 0 unspecified atom stereocenters. The fourth-order valence-corrected chi connectivity index (χ4v) is 3.35. The van der Waals surface area contributed by atoms with E-state index < -0.39 is 0 Å². The number of carbonyl (C=O) groups excluding carboxylic acids is 1. The van der Waals surface area contributed by atoms with Crippen LogP contribution in [0.1, 0.15) is 56.0 Å². The molecule has 0 fully saturated rings. The summed E-state index contributed by atoms with van der Waals surface area (Å²) in [5.74, 6) is -0.347. The van der Waals surface area contributed by atoms with E-state index in [9.17, 15) is 9.59 Å². The van der Waals surface area contributed by atoms with E-state index in [1.807, 2.05) is 26.8 Å². The summed E-state index contributed by atoms with van der Waals surface area (Å²) < 4.78 is 3.20. The number of nitrogens with zero attached hydrogens (tertiary/aromatic N) is 3. The molecule has 2 N–H and O–H groups in total. The maximum atomic E-state index is 13.1. The van der Waals surface area contributed by atoms with Crippen molar-refractivity contribution in [1.82, 2.24) is 19.3 Å². The average Bonchev–Trinajstić information content (AvgIpc) is 2.64. The average molecular weight is 381 g/mol. The van der Waals surface area contributed by atoms with Crippen molar-refractivity contribution in [1.29, 1.82) is 5.41 Å². The first-order valence-electron chi connectivity index (χ1n) is 9.76. The Hall–Kier alpha value is -2.96. The number of nitrogens with one attached hydrogen (secondary N) is 2.